The van der Waals surface area contributed by atoms with Gasteiger partial charge in [0.25, 0.3) is 5.56 Å². The summed E-state index contributed by atoms with van der Waals surface area (Å²) in [5.41, 5.74) is 2.87. The van der Waals surface area contributed by atoms with Gasteiger partial charge in [0.2, 0.25) is 5.91 Å². The van der Waals surface area contributed by atoms with Crippen LogP contribution < -0.4 is 10.9 Å². The molecule has 152 valence electrons. The van der Waals surface area contributed by atoms with Gasteiger partial charge in [-0.1, -0.05) is 35.4 Å². The molecule has 0 saturated heterocycles. The molecule has 0 fully saturated rings. The Morgan fingerprint density at radius 3 is 2.63 bits per heavy atom. The molecule has 4 aromatic rings. The summed E-state index contributed by atoms with van der Waals surface area (Å²) in [7, 11) is 0. The summed E-state index contributed by atoms with van der Waals surface area (Å²) in [5, 5.41) is 8.09. The number of anilines is 1. The highest BCUT2D eigenvalue weighted by atomic mass is 35.5. The molecule has 0 saturated carbocycles. The summed E-state index contributed by atoms with van der Waals surface area (Å²) in [6.45, 7) is 3.98. The zero-order chi connectivity index (χ0) is 21.3. The number of nitrogens with one attached hydrogen (secondary N) is 1. The standard InChI is InChI=1S/C22H20ClN5O2/c1-14-6-8-18(9-7-14)28-21-19(13-24-28)22(30)27(15(2)25-21)11-10-20(29)26-17-5-3-4-16(23)12-17/h3-9,12-13H,10-11H2,1-2H3,(H,26,29). The third kappa shape index (κ3) is 3.97. The van der Waals surface area contributed by atoms with Crippen LogP contribution in [-0.4, -0.2) is 25.2 Å². The van der Waals surface area contributed by atoms with Crippen LogP contribution in [0.2, 0.25) is 5.02 Å². The first-order valence-electron chi connectivity index (χ1n) is 9.50. The van der Waals surface area contributed by atoms with Crippen molar-refractivity contribution in [1.82, 2.24) is 19.3 Å². The predicted octanol–water partition coefficient (Wildman–Crippen LogP) is 3.88. The monoisotopic (exact) mass is 421 g/mol. The van der Waals surface area contributed by atoms with Crippen LogP contribution in [-0.2, 0) is 11.3 Å². The van der Waals surface area contributed by atoms with Gasteiger partial charge in [0.15, 0.2) is 5.65 Å². The molecule has 0 atom stereocenters. The SMILES string of the molecule is Cc1ccc(-n2ncc3c(=O)n(CCC(=O)Nc4cccc(Cl)c4)c(C)nc32)cc1. The number of hydrogen-bond donors (Lipinski definition) is 1. The first kappa shape index (κ1) is 19.8. The molecular formula is C22H20ClN5O2. The Labute approximate surface area is 177 Å². The van der Waals surface area contributed by atoms with Gasteiger partial charge in [-0.15, -0.1) is 0 Å². The van der Waals surface area contributed by atoms with Crippen molar-refractivity contribution in [2.75, 3.05) is 5.32 Å². The quantitative estimate of drug-likeness (QED) is 0.530. The molecule has 0 aliphatic rings. The summed E-state index contributed by atoms with van der Waals surface area (Å²) < 4.78 is 3.15. The molecule has 0 radical (unpaired) electrons. The normalized spacial score (nSPS) is 11.0. The molecular weight excluding hydrogens is 402 g/mol. The van der Waals surface area contributed by atoms with Crippen LogP contribution in [0.25, 0.3) is 16.7 Å². The van der Waals surface area contributed by atoms with Gasteiger partial charge < -0.3 is 5.32 Å². The number of nitrogens with zero attached hydrogens (tertiary/aromatic N) is 4. The van der Waals surface area contributed by atoms with Gasteiger partial charge in [0.05, 0.1) is 11.9 Å². The first-order chi connectivity index (χ1) is 14.4. The number of hydrogen-bond acceptors (Lipinski definition) is 4. The molecule has 0 aliphatic carbocycles. The second-order valence-electron chi connectivity index (χ2n) is 7.05. The minimum Gasteiger partial charge on any atom is -0.326 e. The Balaban J connectivity index is 1.57. The fourth-order valence-electron chi connectivity index (χ4n) is 3.25. The van der Waals surface area contributed by atoms with Crippen molar-refractivity contribution in [2.45, 2.75) is 26.8 Å². The molecule has 0 aliphatic heterocycles. The Kier molecular flexibility index (Phi) is 5.37. The van der Waals surface area contributed by atoms with Crippen LogP contribution >= 0.6 is 11.6 Å². The van der Waals surface area contributed by atoms with Crippen LogP contribution in [0.3, 0.4) is 0 Å². The molecule has 2 heterocycles. The van der Waals surface area contributed by atoms with Crippen molar-refractivity contribution < 1.29 is 4.79 Å². The van der Waals surface area contributed by atoms with Crippen LogP contribution in [0, 0.1) is 13.8 Å². The number of amides is 1. The maximum Gasteiger partial charge on any atom is 0.264 e. The highest BCUT2D eigenvalue weighted by Crippen LogP contribution is 2.17. The Hall–Kier alpha value is -3.45. The van der Waals surface area contributed by atoms with Crippen LogP contribution in [0.15, 0.2) is 59.5 Å². The molecule has 4 rings (SSSR count). The Morgan fingerprint density at radius 2 is 1.90 bits per heavy atom. The van der Waals surface area contributed by atoms with Crippen molar-refractivity contribution in [3.8, 4) is 5.69 Å². The second-order valence-corrected chi connectivity index (χ2v) is 7.49. The van der Waals surface area contributed by atoms with Crippen molar-refractivity contribution in [3.63, 3.8) is 0 Å². The lowest BCUT2D eigenvalue weighted by molar-refractivity contribution is -0.116. The van der Waals surface area contributed by atoms with E-state index in [1.165, 1.54) is 10.8 Å². The molecule has 30 heavy (non-hydrogen) atoms. The van der Waals surface area contributed by atoms with Gasteiger partial charge in [-0.2, -0.15) is 5.10 Å². The van der Waals surface area contributed by atoms with Crippen LogP contribution in [0.4, 0.5) is 5.69 Å². The number of halogens is 1. The van der Waals surface area contributed by atoms with Crippen molar-refractivity contribution in [1.29, 1.82) is 0 Å². The minimum atomic E-state index is -0.216. The van der Waals surface area contributed by atoms with Crippen molar-refractivity contribution >= 4 is 34.2 Å². The number of fused-ring (bicyclic) bond motifs is 1. The summed E-state index contributed by atoms with van der Waals surface area (Å²) in [5.74, 6) is 0.316. The van der Waals surface area contributed by atoms with Gasteiger partial charge in [0, 0.05) is 23.7 Å². The van der Waals surface area contributed by atoms with Gasteiger partial charge in [-0.25, -0.2) is 9.67 Å². The van der Waals surface area contributed by atoms with E-state index < -0.39 is 0 Å². The number of rotatable bonds is 5. The number of aromatic nitrogens is 4. The average molecular weight is 422 g/mol. The highest BCUT2D eigenvalue weighted by molar-refractivity contribution is 6.30. The van der Waals surface area contributed by atoms with Gasteiger partial charge >= 0.3 is 0 Å². The van der Waals surface area contributed by atoms with E-state index in [4.69, 9.17) is 11.6 Å². The van der Waals surface area contributed by atoms with E-state index in [2.05, 4.69) is 15.4 Å². The lowest BCUT2D eigenvalue weighted by Gasteiger charge is -2.11. The maximum absolute atomic E-state index is 13.0. The molecule has 2 aromatic carbocycles. The zero-order valence-corrected chi connectivity index (χ0v) is 17.3. The smallest absolute Gasteiger partial charge is 0.264 e. The van der Waals surface area contributed by atoms with E-state index in [1.807, 2.05) is 31.2 Å². The topological polar surface area (TPSA) is 81.8 Å². The Morgan fingerprint density at radius 1 is 1.13 bits per heavy atom. The number of benzene rings is 2. The maximum atomic E-state index is 13.0. The van der Waals surface area contributed by atoms with Crippen molar-refractivity contribution in [3.05, 3.63) is 81.5 Å². The van der Waals surface area contributed by atoms with E-state index in [0.717, 1.165) is 11.3 Å². The number of aryl methyl sites for hydroxylation is 2. The second kappa shape index (κ2) is 8.12. The lowest BCUT2D eigenvalue weighted by Crippen LogP contribution is -2.26. The molecule has 7 nitrogen and oxygen atoms in total. The van der Waals surface area contributed by atoms with Gasteiger partial charge in [0.1, 0.15) is 11.2 Å². The van der Waals surface area contributed by atoms with E-state index >= 15 is 0 Å². The molecule has 0 unspecified atom stereocenters. The molecule has 0 spiro atoms. The zero-order valence-electron chi connectivity index (χ0n) is 16.6. The molecule has 8 heteroatoms. The van der Waals surface area contributed by atoms with E-state index in [1.54, 1.807) is 35.9 Å². The number of carbonyl (C=O) groups excluding carboxylic acids is 1. The van der Waals surface area contributed by atoms with Crippen LogP contribution in [0.1, 0.15) is 17.8 Å². The first-order valence-corrected chi connectivity index (χ1v) is 9.88. The van der Waals surface area contributed by atoms with Gasteiger partial charge in [-0.3, -0.25) is 14.2 Å². The fraction of sp³-hybridized carbons (Fsp3) is 0.182. The third-order valence-corrected chi connectivity index (χ3v) is 5.06. The minimum absolute atomic E-state index is 0.131. The highest BCUT2D eigenvalue weighted by Gasteiger charge is 2.15. The van der Waals surface area contributed by atoms with Gasteiger partial charge in [-0.05, 0) is 44.2 Å². The molecule has 1 N–H and O–H groups in total. The van der Waals surface area contributed by atoms with Crippen molar-refractivity contribution in [2.24, 2.45) is 0 Å². The summed E-state index contributed by atoms with van der Waals surface area (Å²) in [4.78, 5) is 29.9. The third-order valence-electron chi connectivity index (χ3n) is 4.83. The van der Waals surface area contributed by atoms with Crippen LogP contribution in [0.5, 0.6) is 0 Å². The van der Waals surface area contributed by atoms with E-state index in [-0.39, 0.29) is 24.4 Å². The fourth-order valence-corrected chi connectivity index (χ4v) is 3.44. The number of carbonyl (C=O) groups is 1. The predicted molar refractivity (Wildman–Crippen MR) is 117 cm³/mol. The molecule has 1 amide bonds. The average Bonchev–Trinajstić information content (AvgIpc) is 3.12. The molecule has 2 aromatic heterocycles. The Bertz CT molecular complexity index is 1290. The lowest BCUT2D eigenvalue weighted by atomic mass is 10.2. The summed E-state index contributed by atoms with van der Waals surface area (Å²) in [6, 6.07) is 14.8. The molecule has 0 bridgehead atoms. The van der Waals surface area contributed by atoms with E-state index in [9.17, 15) is 9.59 Å². The summed E-state index contributed by atoms with van der Waals surface area (Å²) >= 11 is 5.94. The van der Waals surface area contributed by atoms with E-state index in [0.29, 0.717) is 27.6 Å². The summed E-state index contributed by atoms with van der Waals surface area (Å²) in [6.07, 6.45) is 1.65. The largest absolute Gasteiger partial charge is 0.326 e.